The number of carbonyl (C=O) groups is 1. The van der Waals surface area contributed by atoms with Crippen molar-refractivity contribution in [2.45, 2.75) is 39.7 Å². The number of hydrogen-bond acceptors (Lipinski definition) is 4. The highest BCUT2D eigenvalue weighted by molar-refractivity contribution is 5.95. The second kappa shape index (κ2) is 7.74. The molecule has 5 nitrogen and oxygen atoms in total. The van der Waals surface area contributed by atoms with Gasteiger partial charge in [0.25, 0.3) is 0 Å². The van der Waals surface area contributed by atoms with Crippen molar-refractivity contribution in [3.8, 4) is 11.6 Å². The zero-order valence-electron chi connectivity index (χ0n) is 13.8. The van der Waals surface area contributed by atoms with E-state index in [0.29, 0.717) is 18.0 Å². The predicted molar refractivity (Wildman–Crippen MR) is 91.7 cm³/mol. The van der Waals surface area contributed by atoms with Crippen LogP contribution in [0.1, 0.15) is 30.9 Å². The molecule has 1 aromatic heterocycles. The number of nitrogens with zero attached hydrogens (tertiary/aromatic N) is 1. The van der Waals surface area contributed by atoms with E-state index in [1.54, 1.807) is 18.3 Å². The molecule has 2 rings (SSSR count). The van der Waals surface area contributed by atoms with Crippen LogP contribution in [0.15, 0.2) is 36.5 Å². The van der Waals surface area contributed by atoms with Crippen molar-refractivity contribution in [3.05, 3.63) is 47.7 Å². The topological polar surface area (TPSA) is 77.2 Å². The summed E-state index contributed by atoms with van der Waals surface area (Å²) in [6, 6.07) is 8.80. The van der Waals surface area contributed by atoms with Crippen molar-refractivity contribution in [1.29, 1.82) is 0 Å². The Morgan fingerprint density at radius 2 is 2.09 bits per heavy atom. The average molecular weight is 313 g/mol. The van der Waals surface area contributed by atoms with Gasteiger partial charge in [-0.15, -0.1) is 0 Å². The molecular weight excluding hydrogens is 290 g/mol. The van der Waals surface area contributed by atoms with Crippen LogP contribution in [0.3, 0.4) is 0 Å². The first-order valence-electron chi connectivity index (χ1n) is 7.78. The maximum absolute atomic E-state index is 12.1. The van der Waals surface area contributed by atoms with Gasteiger partial charge in [-0.25, -0.2) is 4.98 Å². The van der Waals surface area contributed by atoms with E-state index in [0.717, 1.165) is 23.3 Å². The SMILES string of the molecule is CCCC(N)C(=O)Nc1cccnc1Oc1cccc(C)c1C. The molecule has 1 atom stereocenters. The molecule has 0 saturated carbocycles. The molecule has 0 radical (unpaired) electrons. The molecule has 23 heavy (non-hydrogen) atoms. The summed E-state index contributed by atoms with van der Waals surface area (Å²) >= 11 is 0. The van der Waals surface area contributed by atoms with Crippen LogP contribution in [0.5, 0.6) is 11.6 Å². The molecule has 0 aliphatic heterocycles. The van der Waals surface area contributed by atoms with Gasteiger partial charge < -0.3 is 15.8 Å². The monoisotopic (exact) mass is 313 g/mol. The van der Waals surface area contributed by atoms with Crippen molar-refractivity contribution in [2.24, 2.45) is 5.73 Å². The summed E-state index contributed by atoms with van der Waals surface area (Å²) < 4.78 is 5.90. The lowest BCUT2D eigenvalue weighted by molar-refractivity contribution is -0.117. The quantitative estimate of drug-likeness (QED) is 0.855. The Balaban J connectivity index is 2.21. The molecule has 1 heterocycles. The minimum atomic E-state index is -0.534. The van der Waals surface area contributed by atoms with Crippen LogP contribution in [0.2, 0.25) is 0 Å². The summed E-state index contributed by atoms with van der Waals surface area (Å²) in [7, 11) is 0. The lowest BCUT2D eigenvalue weighted by Gasteiger charge is -2.15. The maximum Gasteiger partial charge on any atom is 0.243 e. The maximum atomic E-state index is 12.1. The number of nitrogens with two attached hydrogens (primary N) is 1. The van der Waals surface area contributed by atoms with Crippen molar-refractivity contribution in [3.63, 3.8) is 0 Å². The fourth-order valence-electron chi connectivity index (χ4n) is 2.17. The molecular formula is C18H23N3O2. The summed E-state index contributed by atoms with van der Waals surface area (Å²) in [6.45, 7) is 6.00. The van der Waals surface area contributed by atoms with E-state index in [1.165, 1.54) is 0 Å². The third-order valence-electron chi connectivity index (χ3n) is 3.73. The third kappa shape index (κ3) is 4.29. The van der Waals surface area contributed by atoms with E-state index >= 15 is 0 Å². The van der Waals surface area contributed by atoms with Gasteiger partial charge >= 0.3 is 0 Å². The first kappa shape index (κ1) is 17.0. The molecule has 0 aliphatic rings. The Labute approximate surface area is 136 Å². The zero-order valence-corrected chi connectivity index (χ0v) is 13.8. The molecule has 2 aromatic rings. The van der Waals surface area contributed by atoms with Gasteiger partial charge in [-0.1, -0.05) is 25.5 Å². The Hall–Kier alpha value is -2.40. The molecule has 0 saturated heterocycles. The summed E-state index contributed by atoms with van der Waals surface area (Å²) in [6.07, 6.45) is 3.12. The fourth-order valence-corrected chi connectivity index (χ4v) is 2.17. The number of pyridine rings is 1. The largest absolute Gasteiger partial charge is 0.437 e. The van der Waals surface area contributed by atoms with Crippen LogP contribution in [-0.2, 0) is 4.79 Å². The average Bonchev–Trinajstić information content (AvgIpc) is 2.53. The van der Waals surface area contributed by atoms with Gasteiger partial charge in [0.1, 0.15) is 11.4 Å². The highest BCUT2D eigenvalue weighted by Gasteiger charge is 2.16. The number of benzene rings is 1. The van der Waals surface area contributed by atoms with Gasteiger partial charge in [0.2, 0.25) is 11.8 Å². The highest BCUT2D eigenvalue weighted by atomic mass is 16.5. The Morgan fingerprint density at radius 3 is 2.83 bits per heavy atom. The molecule has 1 amide bonds. The number of aryl methyl sites for hydroxylation is 1. The van der Waals surface area contributed by atoms with Crippen molar-refractivity contribution >= 4 is 11.6 Å². The molecule has 0 spiro atoms. The number of nitrogens with one attached hydrogen (secondary N) is 1. The minimum Gasteiger partial charge on any atom is -0.437 e. The smallest absolute Gasteiger partial charge is 0.243 e. The molecule has 0 aliphatic carbocycles. The zero-order chi connectivity index (χ0) is 16.8. The predicted octanol–water partition coefficient (Wildman–Crippen LogP) is 3.56. The fraction of sp³-hybridized carbons (Fsp3) is 0.333. The minimum absolute atomic E-state index is 0.231. The van der Waals surface area contributed by atoms with Gasteiger partial charge in [0.05, 0.1) is 6.04 Å². The van der Waals surface area contributed by atoms with Crippen LogP contribution in [0.4, 0.5) is 5.69 Å². The molecule has 1 aromatic carbocycles. The van der Waals surface area contributed by atoms with Crippen LogP contribution >= 0.6 is 0 Å². The first-order valence-corrected chi connectivity index (χ1v) is 7.78. The van der Waals surface area contributed by atoms with Gasteiger partial charge in [0.15, 0.2) is 0 Å². The summed E-state index contributed by atoms with van der Waals surface area (Å²) in [5.41, 5.74) is 8.54. The van der Waals surface area contributed by atoms with Crippen LogP contribution < -0.4 is 15.8 Å². The Bertz CT molecular complexity index is 686. The molecule has 3 N–H and O–H groups in total. The molecule has 0 fully saturated rings. The van der Waals surface area contributed by atoms with Gasteiger partial charge in [0, 0.05) is 6.20 Å². The molecule has 122 valence electrons. The van der Waals surface area contributed by atoms with E-state index in [-0.39, 0.29) is 5.91 Å². The Kier molecular flexibility index (Phi) is 5.71. The number of amides is 1. The summed E-state index contributed by atoms with van der Waals surface area (Å²) in [4.78, 5) is 16.3. The van der Waals surface area contributed by atoms with Gasteiger partial charge in [-0.3, -0.25) is 4.79 Å². The van der Waals surface area contributed by atoms with Crippen LogP contribution in [0.25, 0.3) is 0 Å². The van der Waals surface area contributed by atoms with E-state index in [1.807, 2.05) is 39.0 Å². The van der Waals surface area contributed by atoms with Crippen molar-refractivity contribution in [1.82, 2.24) is 4.98 Å². The lowest BCUT2D eigenvalue weighted by Crippen LogP contribution is -2.35. The highest BCUT2D eigenvalue weighted by Crippen LogP contribution is 2.30. The number of hydrogen-bond donors (Lipinski definition) is 2. The third-order valence-corrected chi connectivity index (χ3v) is 3.73. The molecule has 0 bridgehead atoms. The number of aromatic nitrogens is 1. The molecule has 1 unspecified atom stereocenters. The van der Waals surface area contributed by atoms with E-state index in [4.69, 9.17) is 10.5 Å². The number of rotatable bonds is 6. The van der Waals surface area contributed by atoms with Crippen molar-refractivity contribution in [2.75, 3.05) is 5.32 Å². The second-order valence-electron chi connectivity index (χ2n) is 5.54. The van der Waals surface area contributed by atoms with Gasteiger partial charge in [-0.2, -0.15) is 0 Å². The molecule has 5 heteroatoms. The van der Waals surface area contributed by atoms with Crippen molar-refractivity contribution < 1.29 is 9.53 Å². The summed E-state index contributed by atoms with van der Waals surface area (Å²) in [5.74, 6) is 0.848. The summed E-state index contributed by atoms with van der Waals surface area (Å²) in [5, 5.41) is 2.80. The van der Waals surface area contributed by atoms with Crippen LogP contribution in [-0.4, -0.2) is 16.9 Å². The number of carbonyl (C=O) groups excluding carboxylic acids is 1. The van der Waals surface area contributed by atoms with E-state index in [9.17, 15) is 4.79 Å². The van der Waals surface area contributed by atoms with E-state index in [2.05, 4.69) is 10.3 Å². The number of anilines is 1. The second-order valence-corrected chi connectivity index (χ2v) is 5.54. The lowest BCUT2D eigenvalue weighted by atomic mass is 10.1. The normalized spacial score (nSPS) is 11.8. The van der Waals surface area contributed by atoms with E-state index < -0.39 is 6.04 Å². The first-order chi connectivity index (χ1) is 11.0. The standard InChI is InChI=1S/C18H23N3O2/c1-4-7-14(19)17(22)21-15-9-6-11-20-18(15)23-16-10-5-8-12(2)13(16)3/h5-6,8-11,14H,4,7,19H2,1-3H3,(H,21,22). The van der Waals surface area contributed by atoms with Crippen LogP contribution in [0, 0.1) is 13.8 Å². The van der Waals surface area contributed by atoms with Gasteiger partial charge in [-0.05, 0) is 49.6 Å². The Morgan fingerprint density at radius 1 is 1.30 bits per heavy atom. The number of ether oxygens (including phenoxy) is 1.